The van der Waals surface area contributed by atoms with E-state index in [-0.39, 0.29) is 11.6 Å². The molecule has 0 saturated heterocycles. The highest BCUT2D eigenvalue weighted by molar-refractivity contribution is 5.92. The number of hydrogen-bond donors (Lipinski definition) is 2. The normalized spacial score (nSPS) is 9.71. The van der Waals surface area contributed by atoms with E-state index >= 15 is 0 Å². The second-order valence-electron chi connectivity index (χ2n) is 4.37. The minimum Gasteiger partial charge on any atom is -0.351 e. The Morgan fingerprint density at radius 3 is 2.52 bits per heavy atom. The topological polar surface area (TPSA) is 90.7 Å². The minimum atomic E-state index is -0.228. The molecule has 6 nitrogen and oxygen atoms in total. The van der Waals surface area contributed by atoms with Gasteiger partial charge in [-0.05, 0) is 42.8 Å². The molecule has 0 aliphatic carbocycles. The summed E-state index contributed by atoms with van der Waals surface area (Å²) >= 11 is 0. The van der Waals surface area contributed by atoms with Crippen LogP contribution in [0.2, 0.25) is 0 Å². The van der Waals surface area contributed by atoms with Gasteiger partial charge in [0.2, 0.25) is 0 Å². The molecule has 1 aromatic heterocycles. The van der Waals surface area contributed by atoms with Gasteiger partial charge in [0.1, 0.15) is 0 Å². The van der Waals surface area contributed by atoms with Gasteiger partial charge in [0, 0.05) is 12.2 Å². The number of nitriles is 1. The smallest absolute Gasteiger partial charge is 0.271 e. The summed E-state index contributed by atoms with van der Waals surface area (Å²) in [6.07, 6.45) is 0.873. The van der Waals surface area contributed by atoms with E-state index in [2.05, 4.69) is 26.9 Å². The molecule has 1 amide bonds. The fourth-order valence-corrected chi connectivity index (χ4v) is 1.63. The molecule has 0 unspecified atom stereocenters. The first-order valence-electron chi connectivity index (χ1n) is 6.62. The van der Waals surface area contributed by atoms with Crippen LogP contribution in [-0.2, 0) is 0 Å². The number of nitrogens with zero attached hydrogens (tertiary/aromatic N) is 3. The molecule has 2 rings (SSSR count). The van der Waals surface area contributed by atoms with Gasteiger partial charge >= 0.3 is 0 Å². The van der Waals surface area contributed by atoms with Crippen molar-refractivity contribution in [3.63, 3.8) is 0 Å². The van der Waals surface area contributed by atoms with Crippen LogP contribution in [0.15, 0.2) is 36.4 Å². The van der Waals surface area contributed by atoms with E-state index in [1.54, 1.807) is 36.4 Å². The van der Waals surface area contributed by atoms with Crippen LogP contribution in [-0.4, -0.2) is 22.6 Å². The maximum absolute atomic E-state index is 11.7. The number of nitrogens with one attached hydrogen (secondary N) is 2. The van der Waals surface area contributed by atoms with Gasteiger partial charge in [-0.1, -0.05) is 6.92 Å². The lowest BCUT2D eigenvalue weighted by Crippen LogP contribution is -2.25. The summed E-state index contributed by atoms with van der Waals surface area (Å²) in [7, 11) is 0. The molecule has 0 atom stereocenters. The summed E-state index contributed by atoms with van der Waals surface area (Å²) in [5, 5.41) is 22.4. The highest BCUT2D eigenvalue weighted by Gasteiger charge is 2.07. The van der Waals surface area contributed by atoms with Crippen LogP contribution in [0, 0.1) is 11.3 Å². The van der Waals surface area contributed by atoms with E-state index in [4.69, 9.17) is 5.26 Å². The Morgan fingerprint density at radius 1 is 1.19 bits per heavy atom. The van der Waals surface area contributed by atoms with E-state index < -0.39 is 0 Å². The Hall–Kier alpha value is -2.94. The number of aromatic nitrogens is 2. The third-order valence-electron chi connectivity index (χ3n) is 2.72. The Kier molecular flexibility index (Phi) is 4.83. The maximum Gasteiger partial charge on any atom is 0.271 e. The molecule has 2 aromatic rings. The van der Waals surface area contributed by atoms with Crippen LogP contribution in [0.1, 0.15) is 29.4 Å². The summed E-state index contributed by atoms with van der Waals surface area (Å²) < 4.78 is 0. The molecule has 2 N–H and O–H groups in total. The molecule has 0 saturated carbocycles. The number of anilines is 2. The van der Waals surface area contributed by atoms with E-state index in [1.165, 1.54) is 0 Å². The Morgan fingerprint density at radius 2 is 1.95 bits per heavy atom. The predicted octanol–water partition coefficient (Wildman–Crippen LogP) is 2.23. The Balaban J connectivity index is 2.01. The van der Waals surface area contributed by atoms with Gasteiger partial charge in [-0.3, -0.25) is 4.79 Å². The second kappa shape index (κ2) is 7.01. The van der Waals surface area contributed by atoms with Crippen LogP contribution in [0.25, 0.3) is 0 Å². The van der Waals surface area contributed by atoms with Gasteiger partial charge in [-0.2, -0.15) is 5.26 Å². The van der Waals surface area contributed by atoms with Gasteiger partial charge in [0.25, 0.3) is 5.91 Å². The van der Waals surface area contributed by atoms with Gasteiger partial charge < -0.3 is 10.6 Å². The van der Waals surface area contributed by atoms with Crippen molar-refractivity contribution >= 4 is 17.4 Å². The van der Waals surface area contributed by atoms with Crippen molar-refractivity contribution in [3.05, 3.63) is 47.7 Å². The van der Waals surface area contributed by atoms with Crippen molar-refractivity contribution < 1.29 is 4.79 Å². The molecular weight excluding hydrogens is 266 g/mol. The van der Waals surface area contributed by atoms with Crippen LogP contribution in [0.5, 0.6) is 0 Å². The highest BCUT2D eigenvalue weighted by atomic mass is 16.1. The van der Waals surface area contributed by atoms with Crippen molar-refractivity contribution in [2.45, 2.75) is 13.3 Å². The van der Waals surface area contributed by atoms with E-state index in [0.29, 0.717) is 17.9 Å². The van der Waals surface area contributed by atoms with Crippen molar-refractivity contribution in [1.29, 1.82) is 5.26 Å². The van der Waals surface area contributed by atoms with Crippen LogP contribution in [0.3, 0.4) is 0 Å². The molecule has 0 spiro atoms. The summed E-state index contributed by atoms with van der Waals surface area (Å²) in [4.78, 5) is 11.7. The zero-order valence-electron chi connectivity index (χ0n) is 11.6. The van der Waals surface area contributed by atoms with E-state index in [1.807, 2.05) is 6.92 Å². The average molecular weight is 281 g/mol. The first kappa shape index (κ1) is 14.5. The molecule has 0 radical (unpaired) electrons. The fourth-order valence-electron chi connectivity index (χ4n) is 1.63. The highest BCUT2D eigenvalue weighted by Crippen LogP contribution is 2.14. The molecule has 1 aromatic carbocycles. The summed E-state index contributed by atoms with van der Waals surface area (Å²) in [5.74, 6) is 0.307. The summed E-state index contributed by atoms with van der Waals surface area (Å²) in [6, 6.07) is 12.3. The van der Waals surface area contributed by atoms with Crippen LogP contribution >= 0.6 is 0 Å². The predicted molar refractivity (Wildman–Crippen MR) is 79.1 cm³/mol. The largest absolute Gasteiger partial charge is 0.351 e. The average Bonchev–Trinajstić information content (AvgIpc) is 2.54. The van der Waals surface area contributed by atoms with Crippen molar-refractivity contribution in [3.8, 4) is 6.07 Å². The van der Waals surface area contributed by atoms with E-state index in [9.17, 15) is 4.79 Å². The summed E-state index contributed by atoms with van der Waals surface area (Å²) in [6.45, 7) is 2.60. The van der Waals surface area contributed by atoms with E-state index in [0.717, 1.165) is 12.1 Å². The fraction of sp³-hybridized carbons (Fsp3) is 0.200. The molecule has 6 heteroatoms. The lowest BCUT2D eigenvalue weighted by Gasteiger charge is -2.06. The monoisotopic (exact) mass is 281 g/mol. The van der Waals surface area contributed by atoms with Gasteiger partial charge in [0.15, 0.2) is 11.5 Å². The van der Waals surface area contributed by atoms with Crippen LogP contribution in [0.4, 0.5) is 11.5 Å². The lowest BCUT2D eigenvalue weighted by atomic mass is 10.2. The Labute approximate surface area is 122 Å². The second-order valence-corrected chi connectivity index (χ2v) is 4.37. The minimum absolute atomic E-state index is 0.228. The third-order valence-corrected chi connectivity index (χ3v) is 2.72. The first-order valence-corrected chi connectivity index (χ1v) is 6.62. The quantitative estimate of drug-likeness (QED) is 0.877. The molecule has 21 heavy (non-hydrogen) atoms. The van der Waals surface area contributed by atoms with Crippen molar-refractivity contribution in [2.75, 3.05) is 11.9 Å². The number of carbonyl (C=O) groups excluding carboxylic acids is 1. The molecular formula is C15H15N5O. The van der Waals surface area contributed by atoms with Crippen molar-refractivity contribution in [1.82, 2.24) is 15.5 Å². The third kappa shape index (κ3) is 4.01. The molecule has 0 aliphatic rings. The number of benzene rings is 1. The summed E-state index contributed by atoms with van der Waals surface area (Å²) in [5.41, 5.74) is 1.68. The number of hydrogen-bond acceptors (Lipinski definition) is 5. The molecule has 0 bridgehead atoms. The zero-order chi connectivity index (χ0) is 15.1. The number of carbonyl (C=O) groups is 1. The first-order chi connectivity index (χ1) is 10.2. The van der Waals surface area contributed by atoms with Gasteiger partial charge in [-0.25, -0.2) is 0 Å². The van der Waals surface area contributed by atoms with Gasteiger partial charge in [0.05, 0.1) is 11.6 Å². The zero-order valence-corrected chi connectivity index (χ0v) is 11.6. The number of rotatable bonds is 5. The van der Waals surface area contributed by atoms with Crippen LogP contribution < -0.4 is 10.6 Å². The Bertz CT molecular complexity index is 643. The SMILES string of the molecule is CCCNC(=O)c1ccc(Nc2ccc(C#N)cc2)nn1. The maximum atomic E-state index is 11.7. The molecule has 1 heterocycles. The lowest BCUT2D eigenvalue weighted by molar-refractivity contribution is 0.0947. The number of amides is 1. The molecule has 0 fully saturated rings. The molecule has 106 valence electrons. The van der Waals surface area contributed by atoms with Gasteiger partial charge in [-0.15, -0.1) is 10.2 Å². The van der Waals surface area contributed by atoms with Crippen molar-refractivity contribution in [2.24, 2.45) is 0 Å². The molecule has 0 aliphatic heterocycles. The standard InChI is InChI=1S/C15H15N5O/c1-2-9-17-15(21)13-7-8-14(20-19-13)18-12-5-3-11(10-16)4-6-12/h3-8H,2,9H2,1H3,(H,17,21)(H,18,20).